The fourth-order valence-electron chi connectivity index (χ4n) is 2.67. The molecule has 10 heteroatoms. The van der Waals surface area contributed by atoms with Crippen LogP contribution in [0.25, 0.3) is 0 Å². The van der Waals surface area contributed by atoms with Crippen molar-refractivity contribution in [3.8, 4) is 0 Å². The molecule has 1 aliphatic rings. The Morgan fingerprint density at radius 1 is 1.26 bits per heavy atom. The van der Waals surface area contributed by atoms with Gasteiger partial charge in [0.25, 0.3) is 0 Å². The molecule has 0 spiro atoms. The Balaban J connectivity index is 0.00000364. The summed E-state index contributed by atoms with van der Waals surface area (Å²) in [4.78, 5) is 5.90. The molecule has 0 bridgehead atoms. The summed E-state index contributed by atoms with van der Waals surface area (Å²) in [6.45, 7) is 3.23. The number of methoxy groups -OCH3 is 1. The molecule has 0 unspecified atom stereocenters. The first-order chi connectivity index (χ1) is 12.5. The maximum Gasteiger partial charge on any atom is 0.416 e. The molecule has 0 aromatic heterocycles. The van der Waals surface area contributed by atoms with Gasteiger partial charge in [0.2, 0.25) is 0 Å². The van der Waals surface area contributed by atoms with Crippen LogP contribution in [0.3, 0.4) is 0 Å². The first kappa shape index (κ1) is 23.8. The lowest BCUT2D eigenvalue weighted by molar-refractivity contribution is -0.138. The monoisotopic (exact) mass is 502 g/mol. The van der Waals surface area contributed by atoms with E-state index in [0.717, 1.165) is 0 Å². The predicted molar refractivity (Wildman–Crippen MR) is 110 cm³/mol. The number of halogens is 4. The molecule has 0 atom stereocenters. The Morgan fingerprint density at radius 2 is 1.96 bits per heavy atom. The molecule has 0 amide bonds. The molecule has 27 heavy (non-hydrogen) atoms. The van der Waals surface area contributed by atoms with Gasteiger partial charge in [-0.2, -0.15) is 13.2 Å². The normalized spacial score (nSPS) is 15.3. The standard InChI is InChI=1S/C17H25F3N4O2.HI/c1-21-16(22-5-8-25-2)23-12-13-3-4-14(11-15(13)17(18,19)20)24-6-9-26-10-7-24;/h3-4,11H,5-10,12H2,1-2H3,(H2,21,22,23);1H. The van der Waals surface area contributed by atoms with Crippen molar-refractivity contribution in [3.05, 3.63) is 29.3 Å². The topological polar surface area (TPSA) is 58.1 Å². The first-order valence-corrected chi connectivity index (χ1v) is 8.42. The maximum absolute atomic E-state index is 13.5. The SMILES string of the molecule is CN=C(NCCOC)NCc1ccc(N2CCOCC2)cc1C(F)(F)F.I. The van der Waals surface area contributed by atoms with Gasteiger partial charge in [0.15, 0.2) is 5.96 Å². The second kappa shape index (κ2) is 11.5. The Hall–Kier alpha value is -1.27. The van der Waals surface area contributed by atoms with Gasteiger partial charge in [-0.1, -0.05) is 6.07 Å². The first-order valence-electron chi connectivity index (χ1n) is 8.42. The number of nitrogens with one attached hydrogen (secondary N) is 2. The molecule has 2 rings (SSSR count). The van der Waals surface area contributed by atoms with E-state index in [1.54, 1.807) is 20.2 Å². The van der Waals surface area contributed by atoms with E-state index in [-0.39, 0.29) is 36.1 Å². The van der Waals surface area contributed by atoms with E-state index >= 15 is 0 Å². The van der Waals surface area contributed by atoms with Crippen LogP contribution in [0.15, 0.2) is 23.2 Å². The molecule has 1 aliphatic heterocycles. The number of aliphatic imine (C=N–C) groups is 1. The molecule has 1 aromatic carbocycles. The van der Waals surface area contributed by atoms with Crippen molar-refractivity contribution in [1.82, 2.24) is 10.6 Å². The second-order valence-corrected chi connectivity index (χ2v) is 5.78. The summed E-state index contributed by atoms with van der Waals surface area (Å²) in [5.74, 6) is 0.424. The minimum absolute atomic E-state index is 0. The van der Waals surface area contributed by atoms with Crippen molar-refractivity contribution >= 4 is 35.6 Å². The van der Waals surface area contributed by atoms with Gasteiger partial charge in [-0.15, -0.1) is 24.0 Å². The third-order valence-electron chi connectivity index (χ3n) is 4.04. The number of morpholine rings is 1. The van der Waals surface area contributed by atoms with Crippen molar-refractivity contribution < 1.29 is 22.6 Å². The lowest BCUT2D eigenvalue weighted by atomic mass is 10.0. The van der Waals surface area contributed by atoms with Crippen LogP contribution in [0.4, 0.5) is 18.9 Å². The number of ether oxygens (including phenoxy) is 2. The van der Waals surface area contributed by atoms with Gasteiger partial charge in [-0.3, -0.25) is 4.99 Å². The summed E-state index contributed by atoms with van der Waals surface area (Å²) in [6, 6.07) is 4.45. The molecule has 0 radical (unpaired) electrons. The fourth-order valence-corrected chi connectivity index (χ4v) is 2.67. The number of alkyl halides is 3. The molecule has 1 aromatic rings. The third-order valence-corrected chi connectivity index (χ3v) is 4.04. The van der Waals surface area contributed by atoms with Crippen LogP contribution in [0.5, 0.6) is 0 Å². The second-order valence-electron chi connectivity index (χ2n) is 5.78. The van der Waals surface area contributed by atoms with Gasteiger partial charge in [0, 0.05) is 46.0 Å². The molecule has 2 N–H and O–H groups in total. The van der Waals surface area contributed by atoms with E-state index in [1.165, 1.54) is 12.1 Å². The van der Waals surface area contributed by atoms with E-state index < -0.39 is 11.7 Å². The van der Waals surface area contributed by atoms with Crippen molar-refractivity contribution in [2.45, 2.75) is 12.7 Å². The Labute approximate surface area is 174 Å². The zero-order chi connectivity index (χ0) is 19.0. The number of rotatable bonds is 6. The van der Waals surface area contributed by atoms with Gasteiger partial charge in [0.1, 0.15) is 0 Å². The van der Waals surface area contributed by atoms with E-state index in [0.29, 0.717) is 51.1 Å². The predicted octanol–water partition coefficient (Wildman–Crippen LogP) is 2.47. The average Bonchev–Trinajstić information content (AvgIpc) is 2.64. The summed E-state index contributed by atoms with van der Waals surface area (Å²) in [5.41, 5.74) is 0.0949. The van der Waals surface area contributed by atoms with E-state index in [2.05, 4.69) is 15.6 Å². The highest BCUT2D eigenvalue weighted by Gasteiger charge is 2.34. The Kier molecular flexibility index (Phi) is 10.2. The molecule has 0 aliphatic carbocycles. The largest absolute Gasteiger partial charge is 0.416 e. The average molecular weight is 502 g/mol. The molecule has 1 saturated heterocycles. The van der Waals surface area contributed by atoms with Gasteiger partial charge in [-0.05, 0) is 17.7 Å². The molecular weight excluding hydrogens is 476 g/mol. The molecule has 6 nitrogen and oxygen atoms in total. The Bertz CT molecular complexity index is 608. The van der Waals surface area contributed by atoms with Gasteiger partial charge in [0.05, 0.1) is 25.4 Å². The quantitative estimate of drug-likeness (QED) is 0.271. The minimum Gasteiger partial charge on any atom is -0.383 e. The number of hydrogen-bond acceptors (Lipinski definition) is 4. The highest BCUT2D eigenvalue weighted by atomic mass is 127. The number of nitrogens with zero attached hydrogens (tertiary/aromatic N) is 2. The highest BCUT2D eigenvalue weighted by Crippen LogP contribution is 2.34. The molecule has 1 heterocycles. The van der Waals surface area contributed by atoms with Crippen LogP contribution in [0.2, 0.25) is 0 Å². The van der Waals surface area contributed by atoms with Gasteiger partial charge >= 0.3 is 6.18 Å². The lowest BCUT2D eigenvalue weighted by Crippen LogP contribution is -2.39. The van der Waals surface area contributed by atoms with Crippen molar-refractivity contribution in [1.29, 1.82) is 0 Å². The van der Waals surface area contributed by atoms with Crippen LogP contribution in [0.1, 0.15) is 11.1 Å². The van der Waals surface area contributed by atoms with Gasteiger partial charge in [-0.25, -0.2) is 0 Å². The van der Waals surface area contributed by atoms with E-state index in [9.17, 15) is 13.2 Å². The molecule has 1 fully saturated rings. The van der Waals surface area contributed by atoms with Crippen LogP contribution in [-0.2, 0) is 22.2 Å². The third kappa shape index (κ3) is 7.34. The van der Waals surface area contributed by atoms with E-state index in [1.807, 2.05) is 4.90 Å². The van der Waals surface area contributed by atoms with Gasteiger partial charge < -0.3 is 25.0 Å². The number of benzene rings is 1. The maximum atomic E-state index is 13.5. The summed E-state index contributed by atoms with van der Waals surface area (Å²) in [7, 11) is 3.14. The number of guanidine groups is 1. The number of hydrogen-bond donors (Lipinski definition) is 2. The highest BCUT2D eigenvalue weighted by molar-refractivity contribution is 14.0. The van der Waals surface area contributed by atoms with Crippen molar-refractivity contribution in [2.75, 3.05) is 58.5 Å². The molecular formula is C17H26F3IN4O2. The smallest absolute Gasteiger partial charge is 0.383 e. The van der Waals surface area contributed by atoms with Crippen molar-refractivity contribution in [2.24, 2.45) is 4.99 Å². The fraction of sp³-hybridized carbons (Fsp3) is 0.588. The zero-order valence-corrected chi connectivity index (χ0v) is 17.8. The lowest BCUT2D eigenvalue weighted by Gasteiger charge is -2.29. The summed E-state index contributed by atoms with van der Waals surface area (Å²) < 4.78 is 50.7. The zero-order valence-electron chi connectivity index (χ0n) is 15.4. The summed E-state index contributed by atoms with van der Waals surface area (Å²) in [6.07, 6.45) is -4.42. The van der Waals surface area contributed by atoms with Crippen LogP contribution >= 0.6 is 24.0 Å². The van der Waals surface area contributed by atoms with Crippen LogP contribution < -0.4 is 15.5 Å². The van der Waals surface area contributed by atoms with E-state index in [4.69, 9.17) is 9.47 Å². The molecule has 154 valence electrons. The van der Waals surface area contributed by atoms with Crippen molar-refractivity contribution in [3.63, 3.8) is 0 Å². The minimum atomic E-state index is -4.42. The Morgan fingerprint density at radius 3 is 2.56 bits per heavy atom. The molecule has 0 saturated carbocycles. The number of anilines is 1. The van der Waals surface area contributed by atoms with Crippen LogP contribution in [0, 0.1) is 0 Å². The summed E-state index contributed by atoms with van der Waals surface area (Å²) >= 11 is 0. The summed E-state index contributed by atoms with van der Waals surface area (Å²) in [5, 5.41) is 5.88. The van der Waals surface area contributed by atoms with Crippen LogP contribution in [-0.4, -0.2) is 59.6 Å².